The maximum Gasteiger partial charge on any atom is 0.252 e. The van der Waals surface area contributed by atoms with Crippen molar-refractivity contribution in [2.75, 3.05) is 27.2 Å². The van der Waals surface area contributed by atoms with Crippen molar-refractivity contribution in [3.8, 4) is 0 Å². The summed E-state index contributed by atoms with van der Waals surface area (Å²) in [6, 6.07) is 1.82. The molecule has 0 aliphatic rings. The molecule has 0 spiro atoms. The van der Waals surface area contributed by atoms with Gasteiger partial charge in [0.05, 0.1) is 5.56 Å². The lowest BCUT2D eigenvalue weighted by Gasteiger charge is -2.11. The monoisotopic (exact) mass is 306 g/mol. The number of halogens is 3. The fourth-order valence-electron chi connectivity index (χ4n) is 1.18. The SMILES string of the molecule is CN(C)CCNC(=O)c1cc(F)c(F)cc1Br. The quantitative estimate of drug-likeness (QED) is 0.863. The Morgan fingerprint density at radius 1 is 1.35 bits per heavy atom. The van der Waals surface area contributed by atoms with E-state index in [1.54, 1.807) is 0 Å². The highest BCUT2D eigenvalue weighted by Crippen LogP contribution is 2.20. The molecule has 0 heterocycles. The molecule has 0 fully saturated rings. The first-order chi connectivity index (χ1) is 7.91. The standard InChI is InChI=1S/C11H13BrF2N2O/c1-16(2)4-3-15-11(17)7-5-9(13)10(14)6-8(7)12/h5-6H,3-4H2,1-2H3,(H,15,17). The van der Waals surface area contributed by atoms with Crippen molar-refractivity contribution in [3.05, 3.63) is 33.8 Å². The number of nitrogens with one attached hydrogen (secondary N) is 1. The van der Waals surface area contributed by atoms with Gasteiger partial charge in [-0.2, -0.15) is 0 Å². The molecule has 94 valence electrons. The van der Waals surface area contributed by atoms with Gasteiger partial charge in [0.2, 0.25) is 0 Å². The van der Waals surface area contributed by atoms with Gasteiger partial charge in [0.25, 0.3) is 5.91 Å². The highest BCUT2D eigenvalue weighted by molar-refractivity contribution is 9.10. The van der Waals surface area contributed by atoms with Crippen molar-refractivity contribution in [2.45, 2.75) is 0 Å². The molecule has 0 unspecified atom stereocenters. The zero-order valence-electron chi connectivity index (χ0n) is 9.56. The minimum atomic E-state index is -1.04. The largest absolute Gasteiger partial charge is 0.351 e. The first kappa shape index (κ1) is 14.1. The Balaban J connectivity index is 2.72. The molecule has 17 heavy (non-hydrogen) atoms. The average molecular weight is 307 g/mol. The van der Waals surface area contributed by atoms with Gasteiger partial charge in [0.1, 0.15) is 0 Å². The van der Waals surface area contributed by atoms with Crippen molar-refractivity contribution < 1.29 is 13.6 Å². The van der Waals surface area contributed by atoms with Crippen LogP contribution in [0.4, 0.5) is 8.78 Å². The van der Waals surface area contributed by atoms with E-state index in [9.17, 15) is 13.6 Å². The third-order valence-corrected chi connectivity index (χ3v) is 2.76. The maximum absolute atomic E-state index is 13.0. The molecule has 1 amide bonds. The Kier molecular flexibility index (Phi) is 5.02. The van der Waals surface area contributed by atoms with E-state index < -0.39 is 17.5 Å². The lowest BCUT2D eigenvalue weighted by molar-refractivity contribution is 0.0949. The molecule has 6 heteroatoms. The molecule has 1 aromatic carbocycles. The summed E-state index contributed by atoms with van der Waals surface area (Å²) in [5.41, 5.74) is 0.0858. The number of likely N-dealkylation sites (N-methyl/N-ethyl adjacent to an activating group) is 1. The van der Waals surface area contributed by atoms with E-state index in [-0.39, 0.29) is 10.0 Å². The number of hydrogen-bond acceptors (Lipinski definition) is 2. The van der Waals surface area contributed by atoms with Crippen LogP contribution in [0.1, 0.15) is 10.4 Å². The molecular formula is C11H13BrF2N2O. The van der Waals surface area contributed by atoms with Crippen LogP contribution in [0.25, 0.3) is 0 Å². The van der Waals surface area contributed by atoms with Crippen LogP contribution >= 0.6 is 15.9 Å². The number of carbonyl (C=O) groups excluding carboxylic acids is 1. The maximum atomic E-state index is 13.0. The van der Waals surface area contributed by atoms with Crippen molar-refractivity contribution >= 4 is 21.8 Å². The second kappa shape index (κ2) is 6.07. The van der Waals surface area contributed by atoms with E-state index >= 15 is 0 Å². The van der Waals surface area contributed by atoms with Crippen molar-refractivity contribution in [1.82, 2.24) is 10.2 Å². The van der Waals surface area contributed by atoms with Gasteiger partial charge in [0.15, 0.2) is 11.6 Å². The smallest absolute Gasteiger partial charge is 0.252 e. The van der Waals surface area contributed by atoms with Crippen molar-refractivity contribution in [2.24, 2.45) is 0 Å². The second-order valence-corrected chi connectivity index (χ2v) is 4.66. The second-order valence-electron chi connectivity index (χ2n) is 3.81. The van der Waals surface area contributed by atoms with Gasteiger partial charge in [-0.1, -0.05) is 0 Å². The van der Waals surface area contributed by atoms with Crippen LogP contribution in [0.15, 0.2) is 16.6 Å². The van der Waals surface area contributed by atoms with Crippen LogP contribution in [0.3, 0.4) is 0 Å². The van der Waals surface area contributed by atoms with E-state index in [1.807, 2.05) is 19.0 Å². The first-order valence-electron chi connectivity index (χ1n) is 4.99. The molecule has 0 saturated carbocycles. The van der Waals surface area contributed by atoms with E-state index in [0.29, 0.717) is 13.1 Å². The lowest BCUT2D eigenvalue weighted by atomic mass is 10.2. The Bertz CT molecular complexity index is 424. The molecule has 3 nitrogen and oxygen atoms in total. The molecular weight excluding hydrogens is 294 g/mol. The topological polar surface area (TPSA) is 32.3 Å². The fourth-order valence-corrected chi connectivity index (χ4v) is 1.68. The van der Waals surface area contributed by atoms with Crippen molar-refractivity contribution in [3.63, 3.8) is 0 Å². The Morgan fingerprint density at radius 3 is 2.53 bits per heavy atom. The van der Waals surface area contributed by atoms with Crippen molar-refractivity contribution in [1.29, 1.82) is 0 Å². The van der Waals surface area contributed by atoms with Gasteiger partial charge in [-0.05, 0) is 42.2 Å². The van der Waals surface area contributed by atoms with Crippen LogP contribution in [-0.4, -0.2) is 38.0 Å². The molecule has 0 saturated heterocycles. The van der Waals surface area contributed by atoms with Gasteiger partial charge in [-0.3, -0.25) is 4.79 Å². The highest BCUT2D eigenvalue weighted by atomic mass is 79.9. The molecule has 1 N–H and O–H groups in total. The van der Waals surface area contributed by atoms with Crippen LogP contribution in [0.5, 0.6) is 0 Å². The number of benzene rings is 1. The summed E-state index contributed by atoms with van der Waals surface area (Å²) in [6.45, 7) is 1.12. The molecule has 0 bridgehead atoms. The van der Waals surface area contributed by atoms with Crippen LogP contribution in [-0.2, 0) is 0 Å². The van der Waals surface area contributed by atoms with Crippen LogP contribution in [0.2, 0.25) is 0 Å². The summed E-state index contributed by atoms with van der Waals surface area (Å²) in [5.74, 6) is -2.45. The summed E-state index contributed by atoms with van der Waals surface area (Å²) in [6.07, 6.45) is 0. The van der Waals surface area contributed by atoms with E-state index in [1.165, 1.54) is 0 Å². The predicted molar refractivity (Wildman–Crippen MR) is 64.9 cm³/mol. The predicted octanol–water partition coefficient (Wildman–Crippen LogP) is 2.02. The van der Waals surface area contributed by atoms with Gasteiger partial charge in [0, 0.05) is 17.6 Å². The Hall–Kier alpha value is -1.01. The molecule has 0 aliphatic carbocycles. The summed E-state index contributed by atoms with van der Waals surface area (Å²) in [5, 5.41) is 2.62. The summed E-state index contributed by atoms with van der Waals surface area (Å²) >= 11 is 3.02. The highest BCUT2D eigenvalue weighted by Gasteiger charge is 2.14. The number of nitrogens with zero attached hydrogens (tertiary/aromatic N) is 1. The number of carbonyl (C=O) groups is 1. The van der Waals surface area contributed by atoms with E-state index in [0.717, 1.165) is 12.1 Å². The minimum absolute atomic E-state index is 0.0858. The van der Waals surface area contributed by atoms with Gasteiger partial charge in [-0.25, -0.2) is 8.78 Å². The minimum Gasteiger partial charge on any atom is -0.351 e. The fraction of sp³-hybridized carbons (Fsp3) is 0.364. The zero-order valence-corrected chi connectivity index (χ0v) is 11.1. The van der Waals surface area contributed by atoms with Gasteiger partial charge in [-0.15, -0.1) is 0 Å². The van der Waals surface area contributed by atoms with Crippen LogP contribution < -0.4 is 5.32 Å². The molecule has 1 rings (SSSR count). The van der Waals surface area contributed by atoms with Gasteiger partial charge < -0.3 is 10.2 Å². The third-order valence-electron chi connectivity index (χ3n) is 2.10. The number of amides is 1. The third kappa shape index (κ3) is 4.05. The lowest BCUT2D eigenvalue weighted by Crippen LogP contribution is -2.31. The molecule has 0 aromatic heterocycles. The summed E-state index contributed by atoms with van der Waals surface area (Å²) in [7, 11) is 3.75. The molecule has 1 aromatic rings. The zero-order chi connectivity index (χ0) is 13.0. The van der Waals surface area contributed by atoms with E-state index in [2.05, 4.69) is 21.2 Å². The summed E-state index contributed by atoms with van der Waals surface area (Å²) in [4.78, 5) is 13.6. The van der Waals surface area contributed by atoms with Gasteiger partial charge >= 0.3 is 0 Å². The molecule has 0 aliphatic heterocycles. The molecule has 0 atom stereocenters. The summed E-state index contributed by atoms with van der Waals surface area (Å²) < 4.78 is 26.1. The number of rotatable bonds is 4. The van der Waals surface area contributed by atoms with Crippen LogP contribution in [0, 0.1) is 11.6 Å². The number of hydrogen-bond donors (Lipinski definition) is 1. The average Bonchev–Trinajstić information content (AvgIpc) is 2.22. The molecule has 0 radical (unpaired) electrons. The van der Waals surface area contributed by atoms with E-state index in [4.69, 9.17) is 0 Å². The Morgan fingerprint density at radius 2 is 1.94 bits per heavy atom. The first-order valence-corrected chi connectivity index (χ1v) is 5.78. The normalized spacial score (nSPS) is 10.7. The Labute approximate surface area is 107 Å².